The highest BCUT2D eigenvalue weighted by atomic mass is 32.2. The fourth-order valence-electron chi connectivity index (χ4n) is 4.94. The van der Waals surface area contributed by atoms with Crippen LogP contribution in [-0.2, 0) is 14.4 Å². The number of rotatable bonds is 6. The van der Waals surface area contributed by atoms with Gasteiger partial charge in [0.2, 0.25) is 17.2 Å². The van der Waals surface area contributed by atoms with Crippen molar-refractivity contribution in [2.24, 2.45) is 0 Å². The van der Waals surface area contributed by atoms with E-state index in [1.54, 1.807) is 13.8 Å². The van der Waals surface area contributed by atoms with Crippen LogP contribution < -0.4 is 16.1 Å². The van der Waals surface area contributed by atoms with Gasteiger partial charge in [-0.2, -0.15) is 0 Å². The van der Waals surface area contributed by atoms with Crippen molar-refractivity contribution in [3.05, 3.63) is 75.6 Å². The van der Waals surface area contributed by atoms with Gasteiger partial charge in [-0.25, -0.2) is 13.6 Å². The van der Waals surface area contributed by atoms with Crippen LogP contribution in [-0.4, -0.2) is 66.0 Å². The summed E-state index contributed by atoms with van der Waals surface area (Å²) in [4.78, 5) is 67.9. The van der Waals surface area contributed by atoms with E-state index in [0.29, 0.717) is 6.07 Å². The van der Waals surface area contributed by atoms with E-state index in [-0.39, 0.29) is 22.2 Å². The zero-order valence-corrected chi connectivity index (χ0v) is 21.7. The number of aromatic amines is 1. The highest BCUT2D eigenvalue weighted by Crippen LogP contribution is 2.50. The Bertz CT molecular complexity index is 1640. The molecule has 0 spiro atoms. The number of H-pyrrole nitrogens is 1. The molecule has 1 aromatic heterocycles. The van der Waals surface area contributed by atoms with Gasteiger partial charge in [-0.1, -0.05) is 12.1 Å². The van der Waals surface area contributed by atoms with E-state index in [9.17, 15) is 43.0 Å². The standard InChI is InChI=1S/C26H22F2N4O7S/c1-26(2)20(25(38)39)32-23(37)18(24(32)40-26)31-22(36)17(10-3-5-11(33)6-4-10)30-21(35)13-9-29-16-8-15(28)14(27)7-12(16)19(13)34/h3-9,17-18,20,24,33H,1-2H3,(H,29,34)(H,30,35)(H,31,36)(H,38,39)/t17-,18-,20+,24-/m1/s1. The van der Waals surface area contributed by atoms with Gasteiger partial charge in [0.05, 0.1) is 5.52 Å². The van der Waals surface area contributed by atoms with Gasteiger partial charge in [0, 0.05) is 22.4 Å². The molecule has 0 radical (unpaired) electrons. The van der Waals surface area contributed by atoms with Gasteiger partial charge in [-0.3, -0.25) is 19.2 Å². The first-order valence-electron chi connectivity index (χ1n) is 11.9. The van der Waals surface area contributed by atoms with Crippen molar-refractivity contribution in [1.82, 2.24) is 20.5 Å². The molecule has 2 saturated heterocycles. The fourth-order valence-corrected chi connectivity index (χ4v) is 6.57. The van der Waals surface area contributed by atoms with Crippen LogP contribution in [0.3, 0.4) is 0 Å². The van der Waals surface area contributed by atoms with Gasteiger partial charge in [-0.15, -0.1) is 11.8 Å². The number of carboxylic acid groups (broad SMARTS) is 1. The number of aromatic hydroxyl groups is 1. The maximum atomic E-state index is 13.8. The molecule has 40 heavy (non-hydrogen) atoms. The number of β-lactam (4-membered cyclic amide) rings is 1. The Morgan fingerprint density at radius 3 is 2.40 bits per heavy atom. The second-order valence-electron chi connectivity index (χ2n) is 9.93. The van der Waals surface area contributed by atoms with E-state index in [1.807, 2.05) is 0 Å². The van der Waals surface area contributed by atoms with Crippen molar-refractivity contribution in [3.8, 4) is 5.75 Å². The first-order chi connectivity index (χ1) is 18.8. The molecule has 4 atom stereocenters. The molecule has 0 aliphatic carbocycles. The lowest BCUT2D eigenvalue weighted by Gasteiger charge is -2.44. The summed E-state index contributed by atoms with van der Waals surface area (Å²) in [5, 5.41) is 23.3. The molecule has 2 aliphatic heterocycles. The summed E-state index contributed by atoms with van der Waals surface area (Å²) in [5.74, 6) is -6.22. The highest BCUT2D eigenvalue weighted by molar-refractivity contribution is 8.01. The van der Waals surface area contributed by atoms with Gasteiger partial charge in [0.1, 0.15) is 34.8 Å². The molecule has 3 heterocycles. The molecule has 2 fully saturated rings. The summed E-state index contributed by atoms with van der Waals surface area (Å²) < 4.78 is 26.5. The van der Waals surface area contributed by atoms with Crippen molar-refractivity contribution < 1.29 is 38.2 Å². The number of thioether (sulfide) groups is 1. The summed E-state index contributed by atoms with van der Waals surface area (Å²) in [6.45, 7) is 3.36. The molecule has 14 heteroatoms. The number of carbonyl (C=O) groups is 4. The van der Waals surface area contributed by atoms with Crippen molar-refractivity contribution in [1.29, 1.82) is 0 Å². The molecular formula is C26H22F2N4O7S. The average Bonchev–Trinajstić information content (AvgIpc) is 3.15. The maximum absolute atomic E-state index is 13.8. The Balaban J connectivity index is 1.42. The van der Waals surface area contributed by atoms with Gasteiger partial charge < -0.3 is 30.7 Å². The molecule has 0 unspecified atom stereocenters. The minimum Gasteiger partial charge on any atom is -0.508 e. The number of carboxylic acids is 1. The first kappa shape index (κ1) is 27.1. The van der Waals surface area contributed by atoms with Gasteiger partial charge in [0.25, 0.3) is 5.91 Å². The number of aromatic nitrogens is 1. The highest BCUT2D eigenvalue weighted by Gasteiger charge is 2.64. The van der Waals surface area contributed by atoms with Crippen molar-refractivity contribution in [2.75, 3.05) is 0 Å². The van der Waals surface area contributed by atoms with E-state index >= 15 is 0 Å². The van der Waals surface area contributed by atoms with Crippen LogP contribution >= 0.6 is 11.8 Å². The van der Waals surface area contributed by atoms with Crippen LogP contribution in [0.25, 0.3) is 10.9 Å². The second-order valence-corrected chi connectivity index (χ2v) is 11.7. The largest absolute Gasteiger partial charge is 0.508 e. The molecule has 3 amide bonds. The van der Waals surface area contributed by atoms with Crippen LogP contribution in [0.2, 0.25) is 0 Å². The van der Waals surface area contributed by atoms with E-state index in [1.165, 1.54) is 40.9 Å². The summed E-state index contributed by atoms with van der Waals surface area (Å²) >= 11 is 1.22. The number of pyridine rings is 1. The third-order valence-electron chi connectivity index (χ3n) is 6.90. The normalized spacial score (nSPS) is 21.9. The lowest BCUT2D eigenvalue weighted by molar-refractivity contribution is -0.161. The monoisotopic (exact) mass is 572 g/mol. The van der Waals surface area contributed by atoms with Gasteiger partial charge in [-0.05, 0) is 37.6 Å². The van der Waals surface area contributed by atoms with Crippen LogP contribution in [0.1, 0.15) is 35.8 Å². The number of hydrogen-bond donors (Lipinski definition) is 5. The van der Waals surface area contributed by atoms with E-state index in [2.05, 4.69) is 15.6 Å². The molecule has 208 valence electrons. The maximum Gasteiger partial charge on any atom is 0.327 e. The van der Waals surface area contributed by atoms with Crippen LogP contribution in [0.4, 0.5) is 8.78 Å². The summed E-state index contributed by atoms with van der Waals surface area (Å²) in [6.07, 6.45) is 1.000. The quantitative estimate of drug-likeness (QED) is 0.278. The van der Waals surface area contributed by atoms with E-state index in [0.717, 1.165) is 12.3 Å². The third-order valence-corrected chi connectivity index (χ3v) is 8.47. The second kappa shape index (κ2) is 9.62. The van der Waals surface area contributed by atoms with Crippen LogP contribution in [0.15, 0.2) is 47.4 Å². The zero-order valence-electron chi connectivity index (χ0n) is 20.9. The Labute approximate surface area is 228 Å². The molecule has 5 rings (SSSR count). The minimum atomic E-state index is -1.45. The number of phenols is 1. The predicted octanol–water partition coefficient (Wildman–Crippen LogP) is 1.61. The predicted molar refractivity (Wildman–Crippen MR) is 138 cm³/mol. The van der Waals surface area contributed by atoms with E-state index < -0.39 is 74.6 Å². The van der Waals surface area contributed by atoms with Crippen LogP contribution in [0, 0.1) is 11.6 Å². The van der Waals surface area contributed by atoms with Crippen molar-refractivity contribution >= 4 is 46.4 Å². The molecule has 5 N–H and O–H groups in total. The molecule has 2 aliphatic rings. The lowest BCUT2D eigenvalue weighted by Crippen LogP contribution is -2.71. The number of carbonyl (C=O) groups excluding carboxylic acids is 3. The summed E-state index contributed by atoms with van der Waals surface area (Å²) in [6, 6.07) is 3.06. The van der Waals surface area contributed by atoms with Crippen LogP contribution in [0.5, 0.6) is 5.75 Å². The molecule has 0 bridgehead atoms. The minimum absolute atomic E-state index is 0.0435. The Kier molecular flexibility index (Phi) is 6.53. The Morgan fingerprint density at radius 2 is 1.75 bits per heavy atom. The number of fused-ring (bicyclic) bond motifs is 2. The summed E-state index contributed by atoms with van der Waals surface area (Å²) in [5.41, 5.74) is -1.25. The fraction of sp³-hybridized carbons (Fsp3) is 0.269. The first-order valence-corrected chi connectivity index (χ1v) is 12.8. The SMILES string of the molecule is CC1(C)S[C@@H]2[C@H](NC(=O)[C@H](NC(=O)c3c[nH]c4cc(F)c(F)cc4c3=O)c3ccc(O)cc3)C(=O)N2[C@H]1C(=O)O. The molecule has 3 aromatic rings. The summed E-state index contributed by atoms with van der Waals surface area (Å²) in [7, 11) is 0. The number of amides is 3. The molecule has 11 nitrogen and oxygen atoms in total. The molecule has 0 saturated carbocycles. The topological polar surface area (TPSA) is 169 Å². The number of phenolic OH excluding ortho intramolecular Hbond substituents is 1. The van der Waals surface area contributed by atoms with E-state index in [4.69, 9.17) is 0 Å². The number of nitrogens with zero attached hydrogens (tertiary/aromatic N) is 1. The van der Waals surface area contributed by atoms with Crippen molar-refractivity contribution in [2.45, 2.75) is 42.1 Å². The van der Waals surface area contributed by atoms with Gasteiger partial charge >= 0.3 is 5.97 Å². The number of nitrogens with one attached hydrogen (secondary N) is 3. The smallest absolute Gasteiger partial charge is 0.327 e. The Hall–Kier alpha value is -4.46. The lowest BCUT2D eigenvalue weighted by atomic mass is 9.95. The third kappa shape index (κ3) is 4.43. The number of aliphatic carboxylic acids is 1. The molecular weight excluding hydrogens is 550 g/mol. The number of benzene rings is 2. The zero-order chi connectivity index (χ0) is 29.1. The Morgan fingerprint density at radius 1 is 1.10 bits per heavy atom. The average molecular weight is 573 g/mol. The van der Waals surface area contributed by atoms with Crippen molar-refractivity contribution in [3.63, 3.8) is 0 Å². The number of halogens is 2. The van der Waals surface area contributed by atoms with Gasteiger partial charge in [0.15, 0.2) is 11.6 Å². The molecule has 2 aromatic carbocycles. The number of hydrogen-bond acceptors (Lipinski definition) is 7.